The van der Waals surface area contributed by atoms with E-state index in [0.717, 1.165) is 16.8 Å². The molecule has 8 heteroatoms. The van der Waals surface area contributed by atoms with Gasteiger partial charge in [-0.05, 0) is 44.4 Å². The third kappa shape index (κ3) is 4.07. The molecule has 0 bridgehead atoms. The quantitative estimate of drug-likeness (QED) is 0.874. The molecule has 3 rings (SSSR count). The van der Waals surface area contributed by atoms with Crippen molar-refractivity contribution in [3.05, 3.63) is 35.5 Å². The van der Waals surface area contributed by atoms with Crippen molar-refractivity contribution >= 4 is 27.3 Å². The maximum Gasteiger partial charge on any atom is 0.247 e. The Kier molecular flexibility index (Phi) is 4.89. The Labute approximate surface area is 148 Å². The molecule has 1 aliphatic rings. The highest BCUT2D eigenvalue weighted by Gasteiger charge is 2.33. The van der Waals surface area contributed by atoms with E-state index in [-0.39, 0.29) is 17.5 Å². The summed E-state index contributed by atoms with van der Waals surface area (Å²) in [4.78, 5) is 6.47. The molecule has 1 aromatic heterocycles. The lowest BCUT2D eigenvalue weighted by Gasteiger charge is -2.26. The van der Waals surface area contributed by atoms with E-state index >= 15 is 0 Å². The van der Waals surface area contributed by atoms with Crippen molar-refractivity contribution in [3.63, 3.8) is 0 Å². The van der Waals surface area contributed by atoms with Crippen molar-refractivity contribution in [2.45, 2.75) is 33.2 Å². The first kappa shape index (κ1) is 17.6. The number of aryl methyl sites for hydroxylation is 2. The predicted octanol–water partition coefficient (Wildman–Crippen LogP) is 2.25. The Balaban J connectivity index is 1.84. The summed E-state index contributed by atoms with van der Waals surface area (Å²) >= 11 is 0. The standard InChI is InChI=1S/C17H23N5O2S/c1-4-22(14-7-8-25(23,24)11-14)17-20-16(10-18-21-17)19-15-9-12(2)5-6-13(15)3/h5-6,9-10,14H,4,7-8,11H2,1-3H3,(H,19,20,21). The first-order valence-electron chi connectivity index (χ1n) is 8.39. The second kappa shape index (κ2) is 6.95. The summed E-state index contributed by atoms with van der Waals surface area (Å²) in [5, 5.41) is 11.4. The SMILES string of the molecule is CCN(c1nncc(Nc2cc(C)ccc2C)n1)C1CCS(=O)(=O)C1. The van der Waals surface area contributed by atoms with Gasteiger partial charge in [-0.25, -0.2) is 8.42 Å². The molecule has 2 aromatic rings. The second-order valence-corrected chi connectivity index (χ2v) is 8.66. The summed E-state index contributed by atoms with van der Waals surface area (Å²) in [6.07, 6.45) is 2.18. The average molecular weight is 361 g/mol. The van der Waals surface area contributed by atoms with Gasteiger partial charge >= 0.3 is 0 Å². The monoisotopic (exact) mass is 361 g/mol. The van der Waals surface area contributed by atoms with Gasteiger partial charge in [-0.2, -0.15) is 10.1 Å². The first-order valence-corrected chi connectivity index (χ1v) is 10.2. The number of aromatic nitrogens is 3. The van der Waals surface area contributed by atoms with E-state index in [1.54, 1.807) is 6.20 Å². The van der Waals surface area contributed by atoms with Gasteiger partial charge in [0, 0.05) is 18.3 Å². The highest BCUT2D eigenvalue weighted by atomic mass is 32.2. The fourth-order valence-corrected chi connectivity index (χ4v) is 4.80. The van der Waals surface area contributed by atoms with Crippen LogP contribution < -0.4 is 10.2 Å². The lowest BCUT2D eigenvalue weighted by molar-refractivity contribution is 0.598. The number of anilines is 3. The van der Waals surface area contributed by atoms with E-state index < -0.39 is 9.84 Å². The molecule has 2 heterocycles. The van der Waals surface area contributed by atoms with Crippen LogP contribution in [0, 0.1) is 13.8 Å². The van der Waals surface area contributed by atoms with Crippen LogP contribution in [0.3, 0.4) is 0 Å². The van der Waals surface area contributed by atoms with Crippen LogP contribution in [0.2, 0.25) is 0 Å². The van der Waals surface area contributed by atoms with Crippen molar-refractivity contribution < 1.29 is 8.42 Å². The molecule has 1 aromatic carbocycles. The van der Waals surface area contributed by atoms with E-state index in [9.17, 15) is 8.42 Å². The number of rotatable bonds is 5. The molecule has 0 radical (unpaired) electrons. The zero-order valence-electron chi connectivity index (χ0n) is 14.7. The van der Waals surface area contributed by atoms with Crippen LogP contribution in [0.5, 0.6) is 0 Å². The minimum atomic E-state index is -2.96. The van der Waals surface area contributed by atoms with Crippen LogP contribution >= 0.6 is 0 Å². The third-order valence-electron chi connectivity index (χ3n) is 4.45. The van der Waals surface area contributed by atoms with Gasteiger partial charge in [-0.1, -0.05) is 12.1 Å². The lowest BCUT2D eigenvalue weighted by atomic mass is 10.1. The molecule has 1 aliphatic heterocycles. The number of nitrogens with one attached hydrogen (secondary N) is 1. The topological polar surface area (TPSA) is 88.1 Å². The summed E-state index contributed by atoms with van der Waals surface area (Å²) in [7, 11) is -2.96. The maximum absolute atomic E-state index is 11.8. The molecular formula is C17H23N5O2S. The van der Waals surface area contributed by atoms with Gasteiger partial charge in [0.05, 0.1) is 17.7 Å². The first-order chi connectivity index (χ1) is 11.9. The van der Waals surface area contributed by atoms with Crippen molar-refractivity contribution in [1.82, 2.24) is 15.2 Å². The van der Waals surface area contributed by atoms with Gasteiger partial charge in [0.1, 0.15) is 0 Å². The van der Waals surface area contributed by atoms with Crippen LogP contribution in [0.15, 0.2) is 24.4 Å². The van der Waals surface area contributed by atoms with Gasteiger partial charge in [-0.15, -0.1) is 5.10 Å². The van der Waals surface area contributed by atoms with Crippen LogP contribution in [0.1, 0.15) is 24.5 Å². The number of sulfone groups is 1. The highest BCUT2D eigenvalue weighted by molar-refractivity contribution is 7.91. The van der Waals surface area contributed by atoms with E-state index in [0.29, 0.717) is 24.7 Å². The second-order valence-electron chi connectivity index (χ2n) is 6.43. The fourth-order valence-electron chi connectivity index (χ4n) is 3.07. The number of hydrogen-bond donors (Lipinski definition) is 1. The highest BCUT2D eigenvalue weighted by Crippen LogP contribution is 2.24. The molecule has 134 valence electrons. The lowest BCUT2D eigenvalue weighted by Crippen LogP contribution is -2.37. The van der Waals surface area contributed by atoms with E-state index in [1.807, 2.05) is 25.7 Å². The van der Waals surface area contributed by atoms with E-state index in [4.69, 9.17) is 0 Å². The Morgan fingerprint density at radius 1 is 1.32 bits per heavy atom. The van der Waals surface area contributed by atoms with Crippen molar-refractivity contribution in [1.29, 1.82) is 0 Å². The minimum absolute atomic E-state index is 0.0900. The zero-order chi connectivity index (χ0) is 18.0. The van der Waals surface area contributed by atoms with E-state index in [1.165, 1.54) is 0 Å². The summed E-state index contributed by atoms with van der Waals surface area (Å²) in [5.74, 6) is 1.43. The smallest absolute Gasteiger partial charge is 0.247 e. The molecule has 1 fully saturated rings. The number of hydrogen-bond acceptors (Lipinski definition) is 7. The van der Waals surface area contributed by atoms with Crippen molar-refractivity contribution in [2.75, 3.05) is 28.3 Å². The summed E-state index contributed by atoms with van der Waals surface area (Å²) in [6, 6.07) is 6.07. The van der Waals surface area contributed by atoms with Gasteiger partial charge < -0.3 is 10.2 Å². The van der Waals surface area contributed by atoms with Gasteiger partial charge in [0.25, 0.3) is 0 Å². The molecule has 1 unspecified atom stereocenters. The zero-order valence-corrected chi connectivity index (χ0v) is 15.5. The Morgan fingerprint density at radius 3 is 2.80 bits per heavy atom. The van der Waals surface area contributed by atoms with Crippen molar-refractivity contribution in [2.24, 2.45) is 0 Å². The van der Waals surface area contributed by atoms with Crippen LogP contribution in [0.4, 0.5) is 17.5 Å². The van der Waals surface area contributed by atoms with Gasteiger partial charge in [0.2, 0.25) is 5.95 Å². The van der Waals surface area contributed by atoms with Crippen LogP contribution in [0.25, 0.3) is 0 Å². The largest absolute Gasteiger partial charge is 0.339 e. The molecule has 0 amide bonds. The molecule has 0 saturated carbocycles. The summed E-state index contributed by atoms with van der Waals surface area (Å²) in [6.45, 7) is 6.67. The number of nitrogens with zero attached hydrogens (tertiary/aromatic N) is 4. The molecule has 0 spiro atoms. The molecule has 1 N–H and O–H groups in total. The minimum Gasteiger partial charge on any atom is -0.339 e. The number of benzene rings is 1. The Morgan fingerprint density at radius 2 is 2.12 bits per heavy atom. The summed E-state index contributed by atoms with van der Waals surface area (Å²) in [5.41, 5.74) is 3.24. The van der Waals surface area contributed by atoms with Gasteiger partial charge in [0.15, 0.2) is 15.7 Å². The molecule has 0 aliphatic carbocycles. The predicted molar refractivity (Wildman–Crippen MR) is 99.1 cm³/mol. The van der Waals surface area contributed by atoms with Crippen molar-refractivity contribution in [3.8, 4) is 0 Å². The molecule has 7 nitrogen and oxygen atoms in total. The van der Waals surface area contributed by atoms with Crippen LogP contribution in [-0.2, 0) is 9.84 Å². The average Bonchev–Trinajstić information content (AvgIpc) is 2.92. The Bertz CT molecular complexity index is 869. The maximum atomic E-state index is 11.8. The molecule has 1 atom stereocenters. The van der Waals surface area contributed by atoms with Gasteiger partial charge in [-0.3, -0.25) is 0 Å². The molecular weight excluding hydrogens is 338 g/mol. The normalized spacial score (nSPS) is 18.9. The van der Waals surface area contributed by atoms with Crippen LogP contribution in [-0.4, -0.2) is 47.7 Å². The molecule has 1 saturated heterocycles. The van der Waals surface area contributed by atoms with E-state index in [2.05, 4.69) is 38.7 Å². The molecule has 25 heavy (non-hydrogen) atoms. The Hall–Kier alpha value is -2.22. The fraction of sp³-hybridized carbons (Fsp3) is 0.471. The third-order valence-corrected chi connectivity index (χ3v) is 6.20. The summed E-state index contributed by atoms with van der Waals surface area (Å²) < 4.78 is 23.5.